The van der Waals surface area contributed by atoms with Crippen molar-refractivity contribution in [3.63, 3.8) is 0 Å². The Hall–Kier alpha value is -0.640. The van der Waals surface area contributed by atoms with Crippen LogP contribution in [0, 0.1) is 5.82 Å². The molecule has 2 aliphatic rings. The maximum absolute atomic E-state index is 13.2. The van der Waals surface area contributed by atoms with Gasteiger partial charge in [-0.3, -0.25) is 0 Å². The van der Waals surface area contributed by atoms with Gasteiger partial charge in [-0.15, -0.1) is 0 Å². The molecule has 3 rings (SSSR count). The second kappa shape index (κ2) is 5.39. The molecule has 1 aromatic rings. The molecule has 19 heavy (non-hydrogen) atoms. The Balaban J connectivity index is 1.87. The Morgan fingerprint density at radius 3 is 2.68 bits per heavy atom. The number of nitrogens with one attached hydrogen (secondary N) is 1. The van der Waals surface area contributed by atoms with E-state index in [1.54, 1.807) is 0 Å². The lowest BCUT2D eigenvalue weighted by molar-refractivity contribution is 0.0498. The number of ether oxygens (including phenoxy) is 1. The zero-order valence-electron chi connectivity index (χ0n) is 10.9. The van der Waals surface area contributed by atoms with Gasteiger partial charge in [0.1, 0.15) is 5.82 Å². The third-order valence-electron chi connectivity index (χ3n) is 4.26. The van der Waals surface area contributed by atoms with Crippen LogP contribution in [0.15, 0.2) is 18.2 Å². The fourth-order valence-electron chi connectivity index (χ4n) is 2.85. The van der Waals surface area contributed by atoms with Crippen molar-refractivity contribution in [2.75, 3.05) is 19.8 Å². The molecule has 1 saturated carbocycles. The molecule has 0 aromatic heterocycles. The summed E-state index contributed by atoms with van der Waals surface area (Å²) >= 11 is 6.27. The van der Waals surface area contributed by atoms with Gasteiger partial charge >= 0.3 is 0 Å². The van der Waals surface area contributed by atoms with E-state index < -0.39 is 0 Å². The van der Waals surface area contributed by atoms with Crippen LogP contribution < -0.4 is 5.32 Å². The summed E-state index contributed by atoms with van der Waals surface area (Å²) in [6.45, 7) is 2.41. The standard InChI is InChI=1S/C15H19ClFNO/c16-14-9-11(17)1-4-13(14)15(5-7-19-8-6-15)10-18-12-2-3-12/h1,4,9,12,18H,2-3,5-8,10H2. The minimum absolute atomic E-state index is 0.00831. The number of hydrogen-bond donors (Lipinski definition) is 1. The summed E-state index contributed by atoms with van der Waals surface area (Å²) in [5.74, 6) is -0.272. The van der Waals surface area contributed by atoms with Crippen LogP contribution in [0.3, 0.4) is 0 Å². The van der Waals surface area contributed by atoms with E-state index in [9.17, 15) is 4.39 Å². The molecule has 104 valence electrons. The summed E-state index contributed by atoms with van der Waals surface area (Å²) in [6.07, 6.45) is 4.42. The molecule has 1 heterocycles. The largest absolute Gasteiger partial charge is 0.381 e. The Bertz CT molecular complexity index is 455. The van der Waals surface area contributed by atoms with Crippen LogP contribution in [0.25, 0.3) is 0 Å². The Morgan fingerprint density at radius 2 is 2.05 bits per heavy atom. The van der Waals surface area contributed by atoms with Crippen LogP contribution in [0.1, 0.15) is 31.2 Å². The number of hydrogen-bond acceptors (Lipinski definition) is 2. The molecule has 2 fully saturated rings. The molecule has 0 atom stereocenters. The van der Waals surface area contributed by atoms with E-state index in [0.29, 0.717) is 11.1 Å². The summed E-state index contributed by atoms with van der Waals surface area (Å²) in [4.78, 5) is 0. The van der Waals surface area contributed by atoms with Crippen molar-refractivity contribution < 1.29 is 9.13 Å². The van der Waals surface area contributed by atoms with Crippen molar-refractivity contribution in [3.8, 4) is 0 Å². The first-order valence-corrected chi connectivity index (χ1v) is 7.34. The highest BCUT2D eigenvalue weighted by Crippen LogP contribution is 2.39. The highest BCUT2D eigenvalue weighted by Gasteiger charge is 2.37. The van der Waals surface area contributed by atoms with Gasteiger partial charge in [-0.25, -0.2) is 4.39 Å². The molecule has 0 spiro atoms. The topological polar surface area (TPSA) is 21.3 Å². The van der Waals surface area contributed by atoms with E-state index >= 15 is 0 Å². The molecule has 1 aliphatic heterocycles. The predicted octanol–water partition coefficient (Wildman–Crippen LogP) is 3.28. The molecule has 0 unspecified atom stereocenters. The first-order chi connectivity index (χ1) is 9.20. The van der Waals surface area contributed by atoms with Crippen LogP contribution in [0.5, 0.6) is 0 Å². The summed E-state index contributed by atoms with van der Waals surface area (Å²) in [6, 6.07) is 5.44. The number of halogens is 2. The third-order valence-corrected chi connectivity index (χ3v) is 4.57. The Labute approximate surface area is 118 Å². The van der Waals surface area contributed by atoms with E-state index in [-0.39, 0.29) is 11.2 Å². The SMILES string of the molecule is Fc1ccc(C2(CNC3CC3)CCOCC2)c(Cl)c1. The van der Waals surface area contributed by atoms with Crippen molar-refractivity contribution in [2.45, 2.75) is 37.1 Å². The first-order valence-electron chi connectivity index (χ1n) is 6.96. The summed E-state index contributed by atoms with van der Waals surface area (Å²) in [5, 5.41) is 4.14. The second-order valence-electron chi connectivity index (χ2n) is 5.67. The van der Waals surface area contributed by atoms with Crippen molar-refractivity contribution in [2.24, 2.45) is 0 Å². The van der Waals surface area contributed by atoms with Gasteiger partial charge in [0.2, 0.25) is 0 Å². The Kier molecular flexibility index (Phi) is 3.79. The summed E-state index contributed by atoms with van der Waals surface area (Å²) < 4.78 is 18.7. The smallest absolute Gasteiger partial charge is 0.124 e. The van der Waals surface area contributed by atoms with Gasteiger partial charge < -0.3 is 10.1 Å². The average Bonchev–Trinajstić information content (AvgIpc) is 3.21. The van der Waals surface area contributed by atoms with Gasteiger partial charge in [0.25, 0.3) is 0 Å². The molecule has 1 N–H and O–H groups in total. The zero-order chi connectivity index (χ0) is 13.3. The first kappa shape index (κ1) is 13.3. The van der Waals surface area contributed by atoms with E-state index in [2.05, 4.69) is 5.32 Å². The van der Waals surface area contributed by atoms with Gasteiger partial charge in [0, 0.05) is 36.2 Å². The van der Waals surface area contributed by atoms with Crippen LogP contribution >= 0.6 is 11.6 Å². The van der Waals surface area contributed by atoms with E-state index in [0.717, 1.165) is 38.2 Å². The highest BCUT2D eigenvalue weighted by atomic mass is 35.5. The van der Waals surface area contributed by atoms with Gasteiger partial charge in [-0.05, 0) is 43.4 Å². The molecule has 0 bridgehead atoms. The van der Waals surface area contributed by atoms with Gasteiger partial charge in [-0.1, -0.05) is 17.7 Å². The number of rotatable bonds is 4. The Morgan fingerprint density at radius 1 is 1.32 bits per heavy atom. The molecular weight excluding hydrogens is 265 g/mol. The van der Waals surface area contributed by atoms with Gasteiger partial charge in [0.15, 0.2) is 0 Å². The molecular formula is C15H19ClFNO. The van der Waals surface area contributed by atoms with Crippen LogP contribution in [0.2, 0.25) is 5.02 Å². The molecule has 1 saturated heterocycles. The minimum atomic E-state index is -0.272. The summed E-state index contributed by atoms with van der Waals surface area (Å²) in [5.41, 5.74) is 1.05. The fourth-order valence-corrected chi connectivity index (χ4v) is 3.22. The zero-order valence-corrected chi connectivity index (χ0v) is 11.7. The third kappa shape index (κ3) is 2.93. The van der Waals surface area contributed by atoms with Crippen LogP contribution in [0.4, 0.5) is 4.39 Å². The molecule has 1 aromatic carbocycles. The number of benzene rings is 1. The van der Waals surface area contributed by atoms with Crippen molar-refractivity contribution >= 4 is 11.6 Å². The monoisotopic (exact) mass is 283 g/mol. The van der Waals surface area contributed by atoms with Crippen LogP contribution in [-0.2, 0) is 10.2 Å². The maximum Gasteiger partial charge on any atom is 0.124 e. The molecule has 0 radical (unpaired) electrons. The normalized spacial score (nSPS) is 22.4. The minimum Gasteiger partial charge on any atom is -0.381 e. The van der Waals surface area contributed by atoms with Crippen molar-refractivity contribution in [3.05, 3.63) is 34.6 Å². The summed E-state index contributed by atoms with van der Waals surface area (Å²) in [7, 11) is 0. The van der Waals surface area contributed by atoms with E-state index in [1.807, 2.05) is 6.07 Å². The van der Waals surface area contributed by atoms with Crippen molar-refractivity contribution in [1.29, 1.82) is 0 Å². The van der Waals surface area contributed by atoms with Crippen LogP contribution in [-0.4, -0.2) is 25.8 Å². The molecule has 2 nitrogen and oxygen atoms in total. The molecule has 0 amide bonds. The maximum atomic E-state index is 13.2. The lowest BCUT2D eigenvalue weighted by Crippen LogP contribution is -2.43. The quantitative estimate of drug-likeness (QED) is 0.916. The van der Waals surface area contributed by atoms with E-state index in [4.69, 9.17) is 16.3 Å². The highest BCUT2D eigenvalue weighted by molar-refractivity contribution is 6.31. The predicted molar refractivity (Wildman–Crippen MR) is 74.2 cm³/mol. The lowest BCUT2D eigenvalue weighted by atomic mass is 9.74. The second-order valence-corrected chi connectivity index (χ2v) is 6.08. The molecule has 4 heteroatoms. The lowest BCUT2D eigenvalue weighted by Gasteiger charge is -2.38. The molecule has 1 aliphatic carbocycles. The average molecular weight is 284 g/mol. The van der Waals surface area contributed by atoms with E-state index in [1.165, 1.54) is 25.0 Å². The van der Waals surface area contributed by atoms with Gasteiger partial charge in [0.05, 0.1) is 0 Å². The fraction of sp³-hybridized carbons (Fsp3) is 0.600. The van der Waals surface area contributed by atoms with Crippen molar-refractivity contribution in [1.82, 2.24) is 5.32 Å². The van der Waals surface area contributed by atoms with Gasteiger partial charge in [-0.2, -0.15) is 0 Å².